The van der Waals surface area contributed by atoms with Crippen LogP contribution in [0, 0.1) is 12.5 Å². The Kier molecular flexibility index (Phi) is 18.2. The van der Waals surface area contributed by atoms with Crippen molar-refractivity contribution >= 4 is 11.6 Å². The van der Waals surface area contributed by atoms with E-state index in [1.54, 1.807) is 13.0 Å². The minimum absolute atomic E-state index is 0.528. The highest BCUT2D eigenvalue weighted by atomic mass is 35.5. The lowest BCUT2D eigenvalue weighted by Crippen LogP contribution is -2.31. The quantitative estimate of drug-likeness (QED) is 0.385. The number of nitrogens with zero attached hydrogens (tertiary/aromatic N) is 1. The Morgan fingerprint density at radius 2 is 1.85 bits per heavy atom. The number of nitrogens with two attached hydrogens (primary N) is 2. The maximum absolute atomic E-state index is 5.44. The van der Waals surface area contributed by atoms with Crippen molar-refractivity contribution < 1.29 is 0 Å². The summed E-state index contributed by atoms with van der Waals surface area (Å²) < 4.78 is 0. The van der Waals surface area contributed by atoms with E-state index >= 15 is 0 Å². The van der Waals surface area contributed by atoms with Crippen molar-refractivity contribution in [2.45, 2.75) is 52.5 Å². The SMILES string of the molecule is C#CN.C=C/C(Cl)=C(\C)N.CCCC(CCc1ccccc1)N(C)CC. The van der Waals surface area contributed by atoms with Gasteiger partial charge in [-0.2, -0.15) is 0 Å². The summed E-state index contributed by atoms with van der Waals surface area (Å²) in [4.78, 5) is 2.48. The molecule has 0 fully saturated rings. The molecular formula is C22H36ClN3. The van der Waals surface area contributed by atoms with Crippen LogP contribution >= 0.6 is 11.6 Å². The third-order valence-corrected chi connectivity index (χ3v) is 4.36. The maximum Gasteiger partial charge on any atom is 0.0584 e. The minimum atomic E-state index is 0.528. The number of hydrogen-bond acceptors (Lipinski definition) is 3. The summed E-state index contributed by atoms with van der Waals surface area (Å²) in [6, 6.07) is 13.3. The number of allylic oxidation sites excluding steroid dienone is 3. The molecule has 0 amide bonds. The molecule has 146 valence electrons. The second kappa shape index (κ2) is 17.9. The molecular weight excluding hydrogens is 342 g/mol. The van der Waals surface area contributed by atoms with Gasteiger partial charge in [-0.3, -0.25) is 0 Å². The standard InChI is InChI=1S/C15H25N.C5H8ClN.C2H3N/c1-4-9-15(16(3)5-2)13-12-14-10-7-6-8-11-14;1-3-5(6)4(2)7;1-2-3/h6-8,10-11,15H,4-5,9,12-13H2,1-3H3;3H,1,7H2,2H3;1H,3H2/b;5-4-;. The van der Waals surface area contributed by atoms with E-state index in [0.717, 1.165) is 12.6 Å². The first-order chi connectivity index (χ1) is 12.4. The van der Waals surface area contributed by atoms with Crippen molar-refractivity contribution in [3.8, 4) is 12.5 Å². The summed E-state index contributed by atoms with van der Waals surface area (Å²) in [5, 5.41) is 0.528. The summed E-state index contributed by atoms with van der Waals surface area (Å²) in [5.74, 6) is 0. The zero-order valence-electron chi connectivity index (χ0n) is 16.8. The summed E-state index contributed by atoms with van der Waals surface area (Å²) in [6.07, 6.45) is 11.0. The topological polar surface area (TPSA) is 55.3 Å². The van der Waals surface area contributed by atoms with E-state index in [1.165, 1.54) is 37.3 Å². The molecule has 0 aliphatic heterocycles. The van der Waals surface area contributed by atoms with Gasteiger partial charge in [-0.15, -0.1) is 0 Å². The van der Waals surface area contributed by atoms with Gasteiger partial charge in [0.25, 0.3) is 0 Å². The minimum Gasteiger partial charge on any atom is -0.401 e. The Hall–Kier alpha value is -1.89. The Morgan fingerprint density at radius 3 is 2.19 bits per heavy atom. The first-order valence-electron chi connectivity index (χ1n) is 9.02. The summed E-state index contributed by atoms with van der Waals surface area (Å²) in [5.41, 5.74) is 11.7. The predicted molar refractivity (Wildman–Crippen MR) is 118 cm³/mol. The van der Waals surface area contributed by atoms with Gasteiger partial charge < -0.3 is 16.4 Å². The normalized spacial score (nSPS) is 11.7. The summed E-state index contributed by atoms with van der Waals surface area (Å²) in [6.45, 7) is 10.8. The number of aryl methyl sites for hydroxylation is 1. The zero-order chi connectivity index (χ0) is 20.4. The largest absolute Gasteiger partial charge is 0.401 e. The van der Waals surface area contributed by atoms with Crippen LogP contribution in [-0.4, -0.2) is 24.5 Å². The number of hydrogen-bond donors (Lipinski definition) is 2. The molecule has 0 aliphatic rings. The van der Waals surface area contributed by atoms with Crippen LogP contribution in [-0.2, 0) is 6.42 Å². The second-order valence-corrected chi connectivity index (χ2v) is 6.35. The Labute approximate surface area is 166 Å². The molecule has 1 rings (SSSR count). The first kappa shape index (κ1) is 26.3. The average molecular weight is 378 g/mol. The molecule has 0 aromatic heterocycles. The summed E-state index contributed by atoms with van der Waals surface area (Å²) in [7, 11) is 2.24. The molecule has 4 N–H and O–H groups in total. The molecule has 0 aliphatic carbocycles. The molecule has 1 aromatic rings. The molecule has 0 bridgehead atoms. The second-order valence-electron chi connectivity index (χ2n) is 5.94. The van der Waals surface area contributed by atoms with Crippen molar-refractivity contribution in [2.24, 2.45) is 11.5 Å². The zero-order valence-corrected chi connectivity index (χ0v) is 17.6. The lowest BCUT2D eigenvalue weighted by molar-refractivity contribution is 0.228. The van der Waals surface area contributed by atoms with Crippen molar-refractivity contribution in [1.29, 1.82) is 0 Å². The molecule has 4 heteroatoms. The van der Waals surface area contributed by atoms with E-state index < -0.39 is 0 Å². The molecule has 0 spiro atoms. The third-order valence-electron chi connectivity index (χ3n) is 3.91. The van der Waals surface area contributed by atoms with E-state index in [9.17, 15) is 0 Å². The van der Waals surface area contributed by atoms with Crippen molar-refractivity contribution in [3.63, 3.8) is 0 Å². The molecule has 0 heterocycles. The van der Waals surface area contributed by atoms with Crippen LogP contribution < -0.4 is 11.5 Å². The van der Waals surface area contributed by atoms with Crippen molar-refractivity contribution in [3.05, 3.63) is 59.3 Å². The Morgan fingerprint density at radius 1 is 1.31 bits per heavy atom. The van der Waals surface area contributed by atoms with Crippen LogP contribution in [0.15, 0.2) is 53.7 Å². The lowest BCUT2D eigenvalue weighted by atomic mass is 10.0. The molecule has 0 saturated carbocycles. The van der Waals surface area contributed by atoms with Crippen LogP contribution in [0.3, 0.4) is 0 Å². The van der Waals surface area contributed by atoms with Crippen LogP contribution in [0.5, 0.6) is 0 Å². The van der Waals surface area contributed by atoms with Gasteiger partial charge in [0.15, 0.2) is 0 Å². The van der Waals surface area contributed by atoms with Crippen molar-refractivity contribution in [2.75, 3.05) is 13.6 Å². The highest BCUT2D eigenvalue weighted by Gasteiger charge is 2.11. The van der Waals surface area contributed by atoms with Gasteiger partial charge in [-0.1, -0.05) is 75.2 Å². The smallest absolute Gasteiger partial charge is 0.0584 e. The van der Waals surface area contributed by atoms with E-state index in [0.29, 0.717) is 10.7 Å². The van der Waals surface area contributed by atoms with Crippen LogP contribution in [0.4, 0.5) is 0 Å². The van der Waals surface area contributed by atoms with E-state index in [2.05, 4.69) is 74.9 Å². The number of halogens is 1. The fourth-order valence-corrected chi connectivity index (χ4v) is 2.32. The van der Waals surface area contributed by atoms with Gasteiger partial charge in [0.2, 0.25) is 0 Å². The fraction of sp³-hybridized carbons (Fsp3) is 0.455. The molecule has 0 radical (unpaired) electrons. The molecule has 1 unspecified atom stereocenters. The van der Waals surface area contributed by atoms with Gasteiger partial charge in [-0.25, -0.2) is 0 Å². The maximum atomic E-state index is 5.44. The van der Waals surface area contributed by atoms with Gasteiger partial charge in [0.1, 0.15) is 0 Å². The van der Waals surface area contributed by atoms with E-state index in [-0.39, 0.29) is 0 Å². The van der Waals surface area contributed by atoms with E-state index in [4.69, 9.17) is 17.3 Å². The highest BCUT2D eigenvalue weighted by Crippen LogP contribution is 2.13. The Balaban J connectivity index is 0. The van der Waals surface area contributed by atoms with Crippen LogP contribution in [0.2, 0.25) is 0 Å². The monoisotopic (exact) mass is 377 g/mol. The van der Waals surface area contributed by atoms with Gasteiger partial charge in [0, 0.05) is 11.7 Å². The first-order valence-corrected chi connectivity index (χ1v) is 9.40. The van der Waals surface area contributed by atoms with Crippen LogP contribution in [0.1, 0.15) is 45.6 Å². The van der Waals surface area contributed by atoms with Crippen molar-refractivity contribution in [1.82, 2.24) is 4.90 Å². The molecule has 0 saturated heterocycles. The lowest BCUT2D eigenvalue weighted by Gasteiger charge is -2.26. The third kappa shape index (κ3) is 14.5. The van der Waals surface area contributed by atoms with Gasteiger partial charge in [-0.05, 0) is 57.5 Å². The van der Waals surface area contributed by atoms with E-state index in [1.807, 2.05) is 0 Å². The molecule has 26 heavy (non-hydrogen) atoms. The molecule has 1 atom stereocenters. The molecule has 1 aromatic carbocycles. The molecule has 3 nitrogen and oxygen atoms in total. The highest BCUT2D eigenvalue weighted by molar-refractivity contribution is 6.31. The van der Waals surface area contributed by atoms with Gasteiger partial charge in [0.05, 0.1) is 5.03 Å². The fourth-order valence-electron chi connectivity index (χ4n) is 2.32. The predicted octanol–water partition coefficient (Wildman–Crippen LogP) is 4.88. The number of terminal acetylenes is 1. The number of rotatable bonds is 8. The van der Waals surface area contributed by atoms with Gasteiger partial charge >= 0.3 is 0 Å². The Bertz CT molecular complexity index is 528. The summed E-state index contributed by atoms with van der Waals surface area (Å²) >= 11 is 5.44. The van der Waals surface area contributed by atoms with Crippen LogP contribution in [0.25, 0.3) is 0 Å². The average Bonchev–Trinajstić information content (AvgIpc) is 2.65. The number of benzene rings is 1.